The minimum atomic E-state index is 0.782. The Hall–Kier alpha value is -2.75. The highest BCUT2D eigenvalue weighted by atomic mass is 16.5. The molecular formula is C21H25NO3. The number of benzene rings is 2. The molecule has 0 unspecified atom stereocenters. The molecule has 0 amide bonds. The van der Waals surface area contributed by atoms with Crippen molar-refractivity contribution in [3.8, 4) is 33.9 Å². The third-order valence-electron chi connectivity index (χ3n) is 3.83. The van der Waals surface area contributed by atoms with E-state index >= 15 is 0 Å². The number of ether oxygens (including phenoxy) is 2. The Morgan fingerprint density at radius 2 is 1.28 bits per heavy atom. The lowest BCUT2D eigenvalue weighted by molar-refractivity contribution is 0.389. The SMILES string of the molecule is CC.CCc1onc(-c2ccc(OC)cc2)c1-c1ccc(OC)cc1. The molecule has 0 fully saturated rings. The number of rotatable bonds is 5. The monoisotopic (exact) mass is 339 g/mol. The average Bonchev–Trinajstić information content (AvgIpc) is 3.13. The Bertz CT molecular complexity index is 774. The van der Waals surface area contributed by atoms with Crippen molar-refractivity contribution in [1.29, 1.82) is 0 Å². The molecule has 0 aliphatic heterocycles. The second-order valence-corrected chi connectivity index (χ2v) is 5.14. The molecule has 0 spiro atoms. The zero-order valence-electron chi connectivity index (χ0n) is 15.5. The molecule has 1 aromatic heterocycles. The van der Waals surface area contributed by atoms with Gasteiger partial charge in [0.25, 0.3) is 0 Å². The maximum atomic E-state index is 5.55. The standard InChI is InChI=1S/C19H19NO3.C2H6/c1-4-17-18(13-5-9-15(21-2)10-6-13)19(20-23-17)14-7-11-16(22-3)12-8-14;1-2/h5-12H,4H2,1-3H3;1-2H3. The molecule has 0 atom stereocenters. The molecule has 0 N–H and O–H groups in total. The molecule has 4 nitrogen and oxygen atoms in total. The maximum absolute atomic E-state index is 5.55. The van der Waals surface area contributed by atoms with Crippen LogP contribution in [0, 0.1) is 0 Å². The van der Waals surface area contributed by atoms with Crippen LogP contribution < -0.4 is 9.47 Å². The van der Waals surface area contributed by atoms with Gasteiger partial charge in [-0.1, -0.05) is 38.1 Å². The van der Waals surface area contributed by atoms with E-state index in [-0.39, 0.29) is 0 Å². The van der Waals surface area contributed by atoms with E-state index in [4.69, 9.17) is 14.0 Å². The molecule has 0 radical (unpaired) electrons. The van der Waals surface area contributed by atoms with Gasteiger partial charge in [0.1, 0.15) is 23.0 Å². The van der Waals surface area contributed by atoms with E-state index in [1.165, 1.54) is 0 Å². The molecule has 0 bridgehead atoms. The Balaban J connectivity index is 0.00000109. The summed E-state index contributed by atoms with van der Waals surface area (Å²) in [6.07, 6.45) is 0.782. The van der Waals surface area contributed by atoms with Crippen molar-refractivity contribution in [3.63, 3.8) is 0 Å². The topological polar surface area (TPSA) is 44.5 Å². The van der Waals surface area contributed by atoms with Crippen molar-refractivity contribution in [2.75, 3.05) is 14.2 Å². The van der Waals surface area contributed by atoms with Crippen molar-refractivity contribution in [2.24, 2.45) is 0 Å². The van der Waals surface area contributed by atoms with Gasteiger partial charge >= 0.3 is 0 Å². The van der Waals surface area contributed by atoms with Crippen LogP contribution in [0.2, 0.25) is 0 Å². The Morgan fingerprint density at radius 1 is 0.800 bits per heavy atom. The maximum Gasteiger partial charge on any atom is 0.144 e. The summed E-state index contributed by atoms with van der Waals surface area (Å²) in [5.74, 6) is 2.52. The van der Waals surface area contributed by atoms with Crippen LogP contribution in [0.4, 0.5) is 0 Å². The van der Waals surface area contributed by atoms with Crippen LogP contribution in [-0.2, 0) is 6.42 Å². The van der Waals surface area contributed by atoms with Crippen molar-refractivity contribution in [1.82, 2.24) is 5.16 Å². The van der Waals surface area contributed by atoms with Gasteiger partial charge in [-0.05, 0) is 42.0 Å². The van der Waals surface area contributed by atoms with Crippen molar-refractivity contribution < 1.29 is 14.0 Å². The number of hydrogen-bond donors (Lipinski definition) is 0. The molecule has 3 aromatic rings. The molecule has 3 rings (SSSR count). The van der Waals surface area contributed by atoms with Crippen LogP contribution in [0.1, 0.15) is 26.5 Å². The van der Waals surface area contributed by atoms with Crippen molar-refractivity contribution in [3.05, 3.63) is 54.3 Å². The van der Waals surface area contributed by atoms with Gasteiger partial charge in [-0.3, -0.25) is 0 Å². The van der Waals surface area contributed by atoms with E-state index in [1.54, 1.807) is 14.2 Å². The van der Waals surface area contributed by atoms with E-state index < -0.39 is 0 Å². The lowest BCUT2D eigenvalue weighted by Crippen LogP contribution is -1.88. The normalized spacial score (nSPS) is 9.96. The van der Waals surface area contributed by atoms with Crippen LogP contribution in [0.5, 0.6) is 11.5 Å². The third-order valence-corrected chi connectivity index (χ3v) is 3.83. The fourth-order valence-corrected chi connectivity index (χ4v) is 2.57. The van der Waals surface area contributed by atoms with Crippen LogP contribution in [0.15, 0.2) is 53.1 Å². The number of aromatic nitrogens is 1. The first-order valence-corrected chi connectivity index (χ1v) is 8.54. The zero-order chi connectivity index (χ0) is 18.2. The van der Waals surface area contributed by atoms with Gasteiger partial charge in [0, 0.05) is 12.0 Å². The molecule has 132 valence electrons. The summed E-state index contributed by atoms with van der Waals surface area (Å²) in [6, 6.07) is 15.8. The average molecular weight is 339 g/mol. The first kappa shape index (κ1) is 18.6. The Kier molecular flexibility index (Phi) is 6.63. The molecule has 0 saturated carbocycles. The van der Waals surface area contributed by atoms with E-state index in [1.807, 2.05) is 62.4 Å². The molecule has 0 aliphatic carbocycles. The highest BCUT2D eigenvalue weighted by Gasteiger charge is 2.18. The van der Waals surface area contributed by atoms with Crippen LogP contribution in [0.25, 0.3) is 22.4 Å². The molecule has 0 saturated heterocycles. The summed E-state index contributed by atoms with van der Waals surface area (Å²) in [7, 11) is 3.32. The number of aryl methyl sites for hydroxylation is 1. The number of methoxy groups -OCH3 is 2. The van der Waals surface area contributed by atoms with E-state index in [9.17, 15) is 0 Å². The summed E-state index contributed by atoms with van der Waals surface area (Å²) in [6.45, 7) is 6.06. The summed E-state index contributed by atoms with van der Waals surface area (Å²) in [4.78, 5) is 0. The first-order valence-electron chi connectivity index (χ1n) is 8.54. The minimum Gasteiger partial charge on any atom is -0.497 e. The van der Waals surface area contributed by atoms with E-state index in [2.05, 4.69) is 12.1 Å². The van der Waals surface area contributed by atoms with Crippen LogP contribution in [0.3, 0.4) is 0 Å². The summed E-state index contributed by atoms with van der Waals surface area (Å²) < 4.78 is 16.0. The van der Waals surface area contributed by atoms with Crippen LogP contribution in [-0.4, -0.2) is 19.4 Å². The fourth-order valence-electron chi connectivity index (χ4n) is 2.57. The van der Waals surface area contributed by atoms with Gasteiger partial charge in [-0.2, -0.15) is 0 Å². The molecular weight excluding hydrogens is 314 g/mol. The summed E-state index contributed by atoms with van der Waals surface area (Å²) in [5.41, 5.74) is 3.93. The first-order chi connectivity index (χ1) is 12.3. The molecule has 2 aromatic carbocycles. The lowest BCUT2D eigenvalue weighted by atomic mass is 9.98. The minimum absolute atomic E-state index is 0.782. The predicted octanol–water partition coefficient (Wildman–Crippen LogP) is 5.61. The van der Waals surface area contributed by atoms with Gasteiger partial charge in [0.2, 0.25) is 0 Å². The zero-order valence-corrected chi connectivity index (χ0v) is 15.5. The Labute approximate surface area is 149 Å². The predicted molar refractivity (Wildman–Crippen MR) is 101 cm³/mol. The highest BCUT2D eigenvalue weighted by molar-refractivity contribution is 5.82. The Morgan fingerprint density at radius 3 is 1.72 bits per heavy atom. The van der Waals surface area contributed by atoms with E-state index in [0.29, 0.717) is 0 Å². The molecule has 4 heteroatoms. The molecule has 1 heterocycles. The van der Waals surface area contributed by atoms with Crippen molar-refractivity contribution in [2.45, 2.75) is 27.2 Å². The largest absolute Gasteiger partial charge is 0.497 e. The number of nitrogens with zero attached hydrogens (tertiary/aromatic N) is 1. The second-order valence-electron chi connectivity index (χ2n) is 5.14. The van der Waals surface area contributed by atoms with Crippen LogP contribution >= 0.6 is 0 Å². The molecule has 0 aliphatic rings. The third kappa shape index (κ3) is 4.02. The fraction of sp³-hybridized carbons (Fsp3) is 0.286. The second kappa shape index (κ2) is 8.92. The highest BCUT2D eigenvalue weighted by Crippen LogP contribution is 2.36. The smallest absolute Gasteiger partial charge is 0.144 e. The van der Waals surface area contributed by atoms with Gasteiger partial charge in [0.05, 0.1) is 19.8 Å². The van der Waals surface area contributed by atoms with Gasteiger partial charge in [-0.15, -0.1) is 0 Å². The number of hydrogen-bond acceptors (Lipinski definition) is 4. The summed E-state index contributed by atoms with van der Waals surface area (Å²) >= 11 is 0. The molecule has 25 heavy (non-hydrogen) atoms. The summed E-state index contributed by atoms with van der Waals surface area (Å²) in [5, 5.41) is 4.28. The van der Waals surface area contributed by atoms with E-state index in [0.717, 1.165) is 46.1 Å². The van der Waals surface area contributed by atoms with Gasteiger partial charge in [0.15, 0.2) is 0 Å². The van der Waals surface area contributed by atoms with Crippen molar-refractivity contribution >= 4 is 0 Å². The lowest BCUT2D eigenvalue weighted by Gasteiger charge is -2.06. The van der Waals surface area contributed by atoms with Gasteiger partial charge in [-0.25, -0.2) is 0 Å². The quantitative estimate of drug-likeness (QED) is 0.605. The van der Waals surface area contributed by atoms with Gasteiger partial charge < -0.3 is 14.0 Å².